The molecule has 0 unspecified atom stereocenters. The van der Waals surface area contributed by atoms with Gasteiger partial charge in [0.05, 0.1) is 19.3 Å². The number of aryl methyl sites for hydroxylation is 1. The molecule has 3 heterocycles. The predicted octanol–water partition coefficient (Wildman–Crippen LogP) is 2.12. The molecule has 1 fully saturated rings. The third-order valence-corrected chi connectivity index (χ3v) is 4.87. The first-order valence-corrected chi connectivity index (χ1v) is 8.92. The number of nitrogens with one attached hydrogen (secondary N) is 1. The quantitative estimate of drug-likeness (QED) is 0.860. The molecule has 1 amide bonds. The van der Waals surface area contributed by atoms with Crippen LogP contribution in [0.1, 0.15) is 17.5 Å². The Morgan fingerprint density at radius 3 is 2.81 bits per heavy atom. The van der Waals surface area contributed by atoms with E-state index in [2.05, 4.69) is 10.3 Å². The largest absolute Gasteiger partial charge is 0.454 e. The minimum Gasteiger partial charge on any atom is -0.454 e. The molecular weight excluding hydrogens is 332 g/mol. The number of aromatic nitrogens is 1. The molecule has 0 spiro atoms. The average Bonchev–Trinajstić information content (AvgIpc) is 3.30. The summed E-state index contributed by atoms with van der Waals surface area (Å²) in [5.74, 6) is 1.87. The Labute approximate surface area is 152 Å². The lowest BCUT2D eigenvalue weighted by molar-refractivity contribution is -0.122. The van der Waals surface area contributed by atoms with Gasteiger partial charge in [-0.3, -0.25) is 9.78 Å². The first-order chi connectivity index (χ1) is 12.8. The normalized spacial score (nSPS) is 20.9. The van der Waals surface area contributed by atoms with E-state index in [1.807, 2.05) is 30.3 Å². The maximum atomic E-state index is 12.4. The van der Waals surface area contributed by atoms with E-state index in [1.165, 1.54) is 5.56 Å². The van der Waals surface area contributed by atoms with E-state index in [0.717, 1.165) is 23.5 Å². The van der Waals surface area contributed by atoms with E-state index in [4.69, 9.17) is 14.2 Å². The highest BCUT2D eigenvalue weighted by Crippen LogP contribution is 2.32. The Hall–Kier alpha value is -2.60. The Morgan fingerprint density at radius 1 is 1.08 bits per heavy atom. The van der Waals surface area contributed by atoms with Crippen molar-refractivity contribution in [3.63, 3.8) is 0 Å². The minimum absolute atomic E-state index is 0.0536. The van der Waals surface area contributed by atoms with Gasteiger partial charge in [0.15, 0.2) is 11.5 Å². The summed E-state index contributed by atoms with van der Waals surface area (Å²) in [5.41, 5.74) is 2.29. The Balaban J connectivity index is 1.28. The summed E-state index contributed by atoms with van der Waals surface area (Å²) in [4.78, 5) is 16.4. The first-order valence-electron chi connectivity index (χ1n) is 8.92. The summed E-state index contributed by atoms with van der Waals surface area (Å²) in [6.07, 6.45) is 5.59. The summed E-state index contributed by atoms with van der Waals surface area (Å²) in [6, 6.07) is 9.90. The molecule has 136 valence electrons. The number of hydrogen-bond acceptors (Lipinski definition) is 5. The lowest BCUT2D eigenvalue weighted by Crippen LogP contribution is -2.40. The zero-order valence-electron chi connectivity index (χ0n) is 14.5. The summed E-state index contributed by atoms with van der Waals surface area (Å²) in [5, 5.41) is 3.14. The third-order valence-electron chi connectivity index (χ3n) is 4.87. The van der Waals surface area contributed by atoms with Crippen molar-refractivity contribution < 1.29 is 19.0 Å². The molecule has 1 saturated heterocycles. The van der Waals surface area contributed by atoms with Gasteiger partial charge < -0.3 is 19.5 Å². The Morgan fingerprint density at radius 2 is 1.92 bits per heavy atom. The van der Waals surface area contributed by atoms with Crippen molar-refractivity contribution >= 4 is 5.91 Å². The highest BCUT2D eigenvalue weighted by Gasteiger charge is 2.29. The number of carbonyl (C=O) groups is 1. The van der Waals surface area contributed by atoms with Crippen molar-refractivity contribution in [2.24, 2.45) is 5.92 Å². The van der Waals surface area contributed by atoms with Crippen LogP contribution in [0.3, 0.4) is 0 Å². The van der Waals surface area contributed by atoms with Crippen molar-refractivity contribution in [3.05, 3.63) is 53.9 Å². The molecule has 6 nitrogen and oxygen atoms in total. The van der Waals surface area contributed by atoms with E-state index >= 15 is 0 Å². The van der Waals surface area contributed by atoms with Crippen LogP contribution in [0.5, 0.6) is 11.5 Å². The summed E-state index contributed by atoms with van der Waals surface area (Å²) < 4.78 is 16.3. The monoisotopic (exact) mass is 354 g/mol. The van der Waals surface area contributed by atoms with Crippen LogP contribution < -0.4 is 14.8 Å². The maximum Gasteiger partial charge on any atom is 0.231 e. The molecular formula is C20H22N2O4. The summed E-state index contributed by atoms with van der Waals surface area (Å²) >= 11 is 0. The molecule has 2 aliphatic heterocycles. The van der Waals surface area contributed by atoms with Gasteiger partial charge in [-0.2, -0.15) is 0 Å². The summed E-state index contributed by atoms with van der Waals surface area (Å²) in [6.45, 7) is 1.51. The number of pyridine rings is 1. The average molecular weight is 354 g/mol. The molecule has 0 saturated carbocycles. The second-order valence-electron chi connectivity index (χ2n) is 6.72. The number of nitrogens with zero attached hydrogens (tertiary/aromatic N) is 1. The molecule has 2 atom stereocenters. The standard InChI is InChI=1S/C20H22N2O4/c23-20(4-2-14-1-3-18-19(10-14)26-13-25-18)22-17-12-24-11-16(17)9-15-5-7-21-8-6-15/h1,3,5-8,10,16-17H,2,4,9,11-13H2,(H,22,23)/t16-,17-/m1/s1. The van der Waals surface area contributed by atoms with Gasteiger partial charge in [0.2, 0.25) is 12.7 Å². The van der Waals surface area contributed by atoms with Crippen LogP contribution in [0.25, 0.3) is 0 Å². The second-order valence-corrected chi connectivity index (χ2v) is 6.72. The highest BCUT2D eigenvalue weighted by molar-refractivity contribution is 5.76. The van der Waals surface area contributed by atoms with E-state index in [0.29, 0.717) is 32.0 Å². The number of carbonyl (C=O) groups excluding carboxylic acids is 1. The van der Waals surface area contributed by atoms with Crippen molar-refractivity contribution in [3.8, 4) is 11.5 Å². The SMILES string of the molecule is O=C(CCc1ccc2c(c1)OCO2)N[C@@H]1COC[C@H]1Cc1ccncc1. The lowest BCUT2D eigenvalue weighted by atomic mass is 9.95. The van der Waals surface area contributed by atoms with Crippen LogP contribution in [0, 0.1) is 5.92 Å². The molecule has 2 aromatic rings. The number of fused-ring (bicyclic) bond motifs is 1. The van der Waals surface area contributed by atoms with Crippen molar-refractivity contribution in [1.29, 1.82) is 0 Å². The van der Waals surface area contributed by atoms with Gasteiger partial charge in [-0.05, 0) is 48.2 Å². The van der Waals surface area contributed by atoms with Crippen LogP contribution in [0.15, 0.2) is 42.7 Å². The number of hydrogen-bond donors (Lipinski definition) is 1. The second kappa shape index (κ2) is 7.74. The smallest absolute Gasteiger partial charge is 0.231 e. The Kier molecular flexibility index (Phi) is 5.02. The highest BCUT2D eigenvalue weighted by atomic mass is 16.7. The zero-order chi connectivity index (χ0) is 17.8. The zero-order valence-corrected chi connectivity index (χ0v) is 14.5. The first kappa shape index (κ1) is 16.8. The molecule has 0 aliphatic carbocycles. The molecule has 1 N–H and O–H groups in total. The van der Waals surface area contributed by atoms with E-state index in [1.54, 1.807) is 12.4 Å². The van der Waals surface area contributed by atoms with E-state index in [9.17, 15) is 4.79 Å². The van der Waals surface area contributed by atoms with Crippen LogP contribution in [0.4, 0.5) is 0 Å². The number of amides is 1. The van der Waals surface area contributed by atoms with Crippen molar-refractivity contribution in [2.75, 3.05) is 20.0 Å². The van der Waals surface area contributed by atoms with Gasteiger partial charge in [0.1, 0.15) is 0 Å². The van der Waals surface area contributed by atoms with Gasteiger partial charge in [0.25, 0.3) is 0 Å². The van der Waals surface area contributed by atoms with Crippen molar-refractivity contribution in [1.82, 2.24) is 10.3 Å². The van der Waals surface area contributed by atoms with Crippen LogP contribution in [-0.4, -0.2) is 36.9 Å². The fourth-order valence-electron chi connectivity index (χ4n) is 3.41. The maximum absolute atomic E-state index is 12.4. The topological polar surface area (TPSA) is 69.7 Å². The molecule has 1 aromatic heterocycles. The number of ether oxygens (including phenoxy) is 3. The van der Waals surface area contributed by atoms with E-state index in [-0.39, 0.29) is 18.7 Å². The van der Waals surface area contributed by atoms with Crippen LogP contribution >= 0.6 is 0 Å². The van der Waals surface area contributed by atoms with Crippen LogP contribution in [-0.2, 0) is 22.4 Å². The number of benzene rings is 1. The molecule has 1 aromatic carbocycles. The van der Waals surface area contributed by atoms with Gasteiger partial charge in [0, 0.05) is 24.7 Å². The molecule has 0 bridgehead atoms. The Bertz CT molecular complexity index is 766. The molecule has 2 aliphatic rings. The minimum atomic E-state index is 0.0536. The predicted molar refractivity (Wildman–Crippen MR) is 95.1 cm³/mol. The molecule has 4 rings (SSSR count). The van der Waals surface area contributed by atoms with Gasteiger partial charge in [-0.15, -0.1) is 0 Å². The van der Waals surface area contributed by atoms with Crippen LogP contribution in [0.2, 0.25) is 0 Å². The fourth-order valence-corrected chi connectivity index (χ4v) is 3.41. The lowest BCUT2D eigenvalue weighted by Gasteiger charge is -2.19. The third kappa shape index (κ3) is 3.96. The molecule has 6 heteroatoms. The van der Waals surface area contributed by atoms with Gasteiger partial charge in [-0.1, -0.05) is 6.07 Å². The van der Waals surface area contributed by atoms with E-state index < -0.39 is 0 Å². The number of rotatable bonds is 6. The summed E-state index contributed by atoms with van der Waals surface area (Å²) in [7, 11) is 0. The van der Waals surface area contributed by atoms with Crippen molar-refractivity contribution in [2.45, 2.75) is 25.3 Å². The molecule has 26 heavy (non-hydrogen) atoms. The molecule has 0 radical (unpaired) electrons. The fraction of sp³-hybridized carbons (Fsp3) is 0.400. The van der Waals surface area contributed by atoms with Gasteiger partial charge >= 0.3 is 0 Å². The van der Waals surface area contributed by atoms with Gasteiger partial charge in [-0.25, -0.2) is 0 Å².